The fraction of sp³-hybridized carbons (Fsp3) is 0.273. The number of carboxylic acids is 1. The Morgan fingerprint density at radius 2 is 2.06 bits per heavy atom. The molecule has 2 N–H and O–H groups in total. The Morgan fingerprint density at radius 3 is 2.69 bits per heavy atom. The van der Waals surface area contributed by atoms with Crippen molar-refractivity contribution in [3.8, 4) is 5.75 Å². The van der Waals surface area contributed by atoms with E-state index < -0.39 is 5.97 Å². The summed E-state index contributed by atoms with van der Waals surface area (Å²) in [5.41, 5.74) is 0.752. The van der Waals surface area contributed by atoms with Gasteiger partial charge in [0.15, 0.2) is 0 Å². The van der Waals surface area contributed by atoms with Crippen LogP contribution in [0.1, 0.15) is 18.4 Å². The molecule has 0 bridgehead atoms. The number of carbonyl (C=O) groups is 2. The summed E-state index contributed by atoms with van der Waals surface area (Å²) in [7, 11) is 0. The molecule has 0 aliphatic heterocycles. The summed E-state index contributed by atoms with van der Waals surface area (Å²) in [6.45, 7) is 0.264. The Labute approximate surface area is 92.7 Å². The van der Waals surface area contributed by atoms with E-state index in [0.717, 1.165) is 5.56 Å². The van der Waals surface area contributed by atoms with Crippen LogP contribution in [0.25, 0.3) is 0 Å². The summed E-state index contributed by atoms with van der Waals surface area (Å²) in [6, 6.07) is 6.47. The molecule has 1 amide bonds. The maximum atomic E-state index is 11.1. The van der Waals surface area contributed by atoms with Crippen molar-refractivity contribution >= 4 is 11.9 Å². The lowest BCUT2D eigenvalue weighted by Gasteiger charge is -2.06. The quantitative estimate of drug-likeness (QED) is 0.705. The average molecular weight is 222 g/mol. The number of hydrogen-bond acceptors (Lipinski definition) is 4. The van der Waals surface area contributed by atoms with Crippen LogP contribution < -0.4 is 10.4 Å². The third-order valence-corrected chi connectivity index (χ3v) is 1.96. The van der Waals surface area contributed by atoms with Gasteiger partial charge in [0.25, 0.3) is 0 Å². The zero-order chi connectivity index (χ0) is 12.0. The number of phenolic OH excluding ortho intramolecular Hbond substituents is 1. The van der Waals surface area contributed by atoms with E-state index in [9.17, 15) is 14.7 Å². The fourth-order valence-corrected chi connectivity index (χ4v) is 1.17. The molecule has 5 nitrogen and oxygen atoms in total. The Bertz CT molecular complexity index is 389. The van der Waals surface area contributed by atoms with Gasteiger partial charge in [-0.1, -0.05) is 12.1 Å². The van der Waals surface area contributed by atoms with Crippen LogP contribution in [0.3, 0.4) is 0 Å². The Hall–Kier alpha value is -2.04. The zero-order valence-corrected chi connectivity index (χ0v) is 8.60. The molecule has 0 atom stereocenters. The van der Waals surface area contributed by atoms with E-state index in [2.05, 4.69) is 5.32 Å². The van der Waals surface area contributed by atoms with Crippen LogP contribution in [0.5, 0.6) is 5.75 Å². The number of phenols is 1. The van der Waals surface area contributed by atoms with E-state index in [1.807, 2.05) is 0 Å². The van der Waals surface area contributed by atoms with Crippen molar-refractivity contribution in [3.05, 3.63) is 29.8 Å². The molecule has 0 saturated carbocycles. The van der Waals surface area contributed by atoms with Gasteiger partial charge in [-0.25, -0.2) is 0 Å². The third kappa shape index (κ3) is 4.45. The van der Waals surface area contributed by atoms with Crippen LogP contribution in [0.4, 0.5) is 0 Å². The van der Waals surface area contributed by atoms with Gasteiger partial charge < -0.3 is 20.3 Å². The van der Waals surface area contributed by atoms with Gasteiger partial charge in [0.05, 0.1) is 0 Å². The van der Waals surface area contributed by atoms with Gasteiger partial charge >= 0.3 is 0 Å². The largest absolute Gasteiger partial charge is 0.550 e. The van der Waals surface area contributed by atoms with Crippen molar-refractivity contribution in [2.75, 3.05) is 0 Å². The summed E-state index contributed by atoms with van der Waals surface area (Å²) >= 11 is 0. The molecule has 0 saturated heterocycles. The fourth-order valence-electron chi connectivity index (χ4n) is 1.17. The van der Waals surface area contributed by atoms with Gasteiger partial charge in [0.1, 0.15) is 5.75 Å². The Kier molecular flexibility index (Phi) is 4.32. The number of carbonyl (C=O) groups excluding carboxylic acids is 2. The summed E-state index contributed by atoms with van der Waals surface area (Å²) in [5, 5.41) is 21.8. The van der Waals surface area contributed by atoms with Crippen molar-refractivity contribution in [2.45, 2.75) is 19.4 Å². The molecule has 5 heteroatoms. The molecule has 0 fully saturated rings. The maximum absolute atomic E-state index is 11.1. The highest BCUT2D eigenvalue weighted by Crippen LogP contribution is 2.10. The van der Waals surface area contributed by atoms with Crippen molar-refractivity contribution < 1.29 is 19.8 Å². The molecule has 0 heterocycles. The molecular weight excluding hydrogens is 210 g/mol. The lowest BCUT2D eigenvalue weighted by molar-refractivity contribution is -0.305. The van der Waals surface area contributed by atoms with E-state index in [4.69, 9.17) is 5.11 Å². The number of benzene rings is 1. The lowest BCUT2D eigenvalue weighted by atomic mass is 10.2. The predicted octanol–water partition coefficient (Wildman–Crippen LogP) is -0.462. The molecule has 1 aromatic rings. The summed E-state index contributed by atoms with van der Waals surface area (Å²) < 4.78 is 0. The van der Waals surface area contributed by atoms with Crippen molar-refractivity contribution in [1.82, 2.24) is 5.32 Å². The zero-order valence-electron chi connectivity index (χ0n) is 8.60. The topological polar surface area (TPSA) is 89.5 Å². The number of carboxylic acid groups (broad SMARTS) is 1. The van der Waals surface area contributed by atoms with Gasteiger partial charge in [-0.15, -0.1) is 0 Å². The Balaban J connectivity index is 2.34. The van der Waals surface area contributed by atoms with Gasteiger partial charge in [0.2, 0.25) is 5.91 Å². The second-order valence-electron chi connectivity index (χ2n) is 3.32. The summed E-state index contributed by atoms with van der Waals surface area (Å²) in [6.07, 6.45) is -0.382. The molecule has 0 radical (unpaired) electrons. The third-order valence-electron chi connectivity index (χ3n) is 1.96. The highest BCUT2D eigenvalue weighted by atomic mass is 16.4. The second kappa shape index (κ2) is 5.75. The van der Waals surface area contributed by atoms with E-state index in [0.29, 0.717) is 0 Å². The minimum atomic E-state index is -1.24. The average Bonchev–Trinajstić information content (AvgIpc) is 2.23. The highest BCUT2D eigenvalue weighted by molar-refractivity contribution is 5.79. The van der Waals surface area contributed by atoms with Crippen molar-refractivity contribution in [1.29, 1.82) is 0 Å². The molecule has 1 aromatic carbocycles. The molecule has 1 rings (SSSR count). The molecule has 86 valence electrons. The lowest BCUT2D eigenvalue weighted by Crippen LogP contribution is -2.27. The number of aromatic hydroxyl groups is 1. The SMILES string of the molecule is O=C([O-])CCC(=O)NCc1cccc(O)c1. The first kappa shape index (κ1) is 12.0. The highest BCUT2D eigenvalue weighted by Gasteiger charge is 2.01. The van der Waals surface area contributed by atoms with Gasteiger partial charge in [0, 0.05) is 18.9 Å². The number of nitrogens with one attached hydrogen (secondary N) is 1. The first-order valence-corrected chi connectivity index (χ1v) is 4.82. The number of amides is 1. The molecule has 0 spiro atoms. The van der Waals surface area contributed by atoms with Crippen LogP contribution in [0.2, 0.25) is 0 Å². The van der Waals surface area contributed by atoms with E-state index in [1.54, 1.807) is 12.1 Å². The standard InChI is InChI=1S/C11H13NO4/c13-9-3-1-2-8(6-9)7-12-10(14)4-5-11(15)16/h1-3,6,13H,4-5,7H2,(H,12,14)(H,15,16)/p-1. The second-order valence-corrected chi connectivity index (χ2v) is 3.32. The molecular formula is C11H12NO4-. The van der Waals surface area contributed by atoms with Crippen LogP contribution >= 0.6 is 0 Å². The number of rotatable bonds is 5. The molecule has 0 aliphatic rings. The molecule has 16 heavy (non-hydrogen) atoms. The van der Waals surface area contributed by atoms with E-state index in [-0.39, 0.29) is 31.0 Å². The van der Waals surface area contributed by atoms with Crippen LogP contribution in [0, 0.1) is 0 Å². The van der Waals surface area contributed by atoms with Crippen molar-refractivity contribution in [3.63, 3.8) is 0 Å². The Morgan fingerprint density at radius 1 is 1.31 bits per heavy atom. The van der Waals surface area contributed by atoms with Crippen LogP contribution in [0.15, 0.2) is 24.3 Å². The van der Waals surface area contributed by atoms with Crippen LogP contribution in [-0.4, -0.2) is 17.0 Å². The van der Waals surface area contributed by atoms with E-state index >= 15 is 0 Å². The first-order valence-electron chi connectivity index (χ1n) is 4.82. The minimum Gasteiger partial charge on any atom is -0.550 e. The summed E-state index contributed by atoms with van der Waals surface area (Å²) in [4.78, 5) is 21.2. The normalized spacial score (nSPS) is 9.75. The first-order chi connectivity index (χ1) is 7.58. The van der Waals surface area contributed by atoms with Gasteiger partial charge in [-0.05, 0) is 24.1 Å². The minimum absolute atomic E-state index is 0.0961. The molecule has 0 aromatic heterocycles. The summed E-state index contributed by atoms with van der Waals surface area (Å²) in [5.74, 6) is -1.47. The smallest absolute Gasteiger partial charge is 0.220 e. The van der Waals surface area contributed by atoms with Crippen molar-refractivity contribution in [2.24, 2.45) is 0 Å². The molecule has 0 aliphatic carbocycles. The number of aliphatic carboxylic acids is 1. The number of hydrogen-bond donors (Lipinski definition) is 2. The predicted molar refractivity (Wildman–Crippen MR) is 54.2 cm³/mol. The van der Waals surface area contributed by atoms with Crippen LogP contribution in [-0.2, 0) is 16.1 Å². The molecule has 0 unspecified atom stereocenters. The van der Waals surface area contributed by atoms with Gasteiger partial charge in [-0.2, -0.15) is 0 Å². The maximum Gasteiger partial charge on any atom is 0.220 e. The van der Waals surface area contributed by atoms with Gasteiger partial charge in [-0.3, -0.25) is 4.79 Å². The monoisotopic (exact) mass is 222 g/mol. The van der Waals surface area contributed by atoms with E-state index in [1.165, 1.54) is 12.1 Å².